The quantitative estimate of drug-likeness (QED) is 0.511. The van der Waals surface area contributed by atoms with E-state index in [2.05, 4.69) is 6.58 Å². The molecule has 0 rings (SSSR count). The lowest BCUT2D eigenvalue weighted by atomic mass is 9.98. The Bertz CT molecular complexity index is 337. The van der Waals surface area contributed by atoms with Gasteiger partial charge in [-0.05, 0) is 6.08 Å². The summed E-state index contributed by atoms with van der Waals surface area (Å²) in [5, 5.41) is 0. The van der Waals surface area contributed by atoms with Gasteiger partial charge in [0.05, 0.1) is 6.42 Å². The number of rotatable bonds is 5. The standard InChI is InChI=1S/C8H5F11/c1-2-4(9,10)7(15,16)5(11,12)3-6(13,14)8(17,18)19/h2H,1,3H2. The van der Waals surface area contributed by atoms with Gasteiger partial charge in [-0.25, -0.2) is 0 Å². The fourth-order valence-corrected chi connectivity index (χ4v) is 0.862. The molecule has 11 heteroatoms. The maximum absolute atomic E-state index is 12.7. The Balaban J connectivity index is 5.48. The molecule has 0 N–H and O–H groups in total. The zero-order valence-corrected chi connectivity index (χ0v) is 8.65. The molecule has 0 fully saturated rings. The normalized spacial score (nSPS) is 15.5. The summed E-state index contributed by atoms with van der Waals surface area (Å²) in [6.45, 7) is 2.08. The van der Waals surface area contributed by atoms with Crippen LogP contribution in [-0.2, 0) is 0 Å². The first kappa shape index (κ1) is 18.0. The van der Waals surface area contributed by atoms with Crippen LogP contribution in [0.5, 0.6) is 0 Å². The van der Waals surface area contributed by atoms with Crippen LogP contribution >= 0.6 is 0 Å². The Morgan fingerprint density at radius 3 is 1.32 bits per heavy atom. The minimum atomic E-state index is -6.57. The van der Waals surface area contributed by atoms with Crippen molar-refractivity contribution in [2.45, 2.75) is 36.3 Å². The molecule has 0 heterocycles. The molecular formula is C8H5F11. The fourth-order valence-electron chi connectivity index (χ4n) is 0.862. The van der Waals surface area contributed by atoms with Crippen molar-refractivity contribution in [2.75, 3.05) is 0 Å². The second-order valence-corrected chi connectivity index (χ2v) is 3.48. The highest BCUT2D eigenvalue weighted by molar-refractivity contribution is 5.06. The van der Waals surface area contributed by atoms with E-state index in [9.17, 15) is 48.3 Å². The van der Waals surface area contributed by atoms with Crippen LogP contribution in [0.15, 0.2) is 12.7 Å². The fraction of sp³-hybridized carbons (Fsp3) is 0.750. The molecule has 0 aromatic rings. The van der Waals surface area contributed by atoms with Crippen LogP contribution in [-0.4, -0.2) is 29.9 Å². The average molecular weight is 310 g/mol. The van der Waals surface area contributed by atoms with Crippen LogP contribution in [0.3, 0.4) is 0 Å². The molecule has 0 nitrogen and oxygen atoms in total. The van der Waals surface area contributed by atoms with Crippen molar-refractivity contribution in [1.82, 2.24) is 0 Å². The van der Waals surface area contributed by atoms with E-state index >= 15 is 0 Å². The number of alkyl halides is 11. The molecule has 0 saturated carbocycles. The van der Waals surface area contributed by atoms with Gasteiger partial charge in [0.25, 0.3) is 0 Å². The van der Waals surface area contributed by atoms with Gasteiger partial charge in [-0.3, -0.25) is 0 Å². The van der Waals surface area contributed by atoms with Gasteiger partial charge in [0.15, 0.2) is 0 Å². The number of allylic oxidation sites excluding steroid dienone is 1. The predicted octanol–water partition coefficient (Wildman–Crippen LogP) is 4.67. The Labute approximate surface area is 98.4 Å². The Kier molecular flexibility index (Phi) is 4.27. The van der Waals surface area contributed by atoms with E-state index in [4.69, 9.17) is 0 Å². The summed E-state index contributed by atoms with van der Waals surface area (Å²) < 4.78 is 135. The third-order valence-corrected chi connectivity index (χ3v) is 1.99. The van der Waals surface area contributed by atoms with Crippen molar-refractivity contribution in [3.8, 4) is 0 Å². The summed E-state index contributed by atoms with van der Waals surface area (Å²) in [4.78, 5) is 0. The Morgan fingerprint density at radius 1 is 0.684 bits per heavy atom. The summed E-state index contributed by atoms with van der Waals surface area (Å²) in [5.41, 5.74) is 0. The van der Waals surface area contributed by atoms with Crippen LogP contribution in [0.25, 0.3) is 0 Å². The third kappa shape index (κ3) is 3.11. The van der Waals surface area contributed by atoms with Crippen molar-refractivity contribution >= 4 is 0 Å². The molecular weight excluding hydrogens is 305 g/mol. The summed E-state index contributed by atoms with van der Waals surface area (Å²) >= 11 is 0. The third-order valence-electron chi connectivity index (χ3n) is 1.99. The highest BCUT2D eigenvalue weighted by atomic mass is 19.4. The van der Waals surface area contributed by atoms with E-state index in [0.29, 0.717) is 0 Å². The van der Waals surface area contributed by atoms with Gasteiger partial charge >= 0.3 is 29.9 Å². The first-order valence-corrected chi connectivity index (χ1v) is 4.23. The molecule has 0 aliphatic carbocycles. The van der Waals surface area contributed by atoms with Gasteiger partial charge in [0, 0.05) is 0 Å². The van der Waals surface area contributed by atoms with Crippen molar-refractivity contribution < 1.29 is 48.3 Å². The topological polar surface area (TPSA) is 0 Å². The number of hydrogen-bond acceptors (Lipinski definition) is 0. The van der Waals surface area contributed by atoms with E-state index in [1.165, 1.54) is 0 Å². The highest BCUT2D eigenvalue weighted by Crippen LogP contribution is 2.52. The smallest absolute Gasteiger partial charge is 0.199 e. The molecule has 0 aromatic heterocycles. The first-order valence-electron chi connectivity index (χ1n) is 4.23. The van der Waals surface area contributed by atoms with Gasteiger partial charge in [0.1, 0.15) is 0 Å². The van der Waals surface area contributed by atoms with Gasteiger partial charge in [-0.1, -0.05) is 6.58 Å². The van der Waals surface area contributed by atoms with Crippen LogP contribution in [0.2, 0.25) is 0 Å². The molecule has 0 atom stereocenters. The van der Waals surface area contributed by atoms with Crippen LogP contribution < -0.4 is 0 Å². The van der Waals surface area contributed by atoms with E-state index in [1.807, 2.05) is 0 Å². The summed E-state index contributed by atoms with van der Waals surface area (Å²) in [6.07, 6.45) is -11.3. The van der Waals surface area contributed by atoms with Gasteiger partial charge in [0.2, 0.25) is 0 Å². The summed E-state index contributed by atoms with van der Waals surface area (Å²) in [5.74, 6) is -24.7. The van der Waals surface area contributed by atoms with Gasteiger partial charge in [-0.2, -0.15) is 48.3 Å². The molecule has 0 unspecified atom stereocenters. The second kappa shape index (κ2) is 4.51. The highest BCUT2D eigenvalue weighted by Gasteiger charge is 2.75. The van der Waals surface area contributed by atoms with Crippen molar-refractivity contribution in [3.05, 3.63) is 12.7 Å². The van der Waals surface area contributed by atoms with Crippen LogP contribution in [0.4, 0.5) is 48.3 Å². The second-order valence-electron chi connectivity index (χ2n) is 3.48. The largest absolute Gasteiger partial charge is 0.453 e. The monoisotopic (exact) mass is 310 g/mol. The number of halogens is 11. The SMILES string of the molecule is C=CC(F)(F)C(F)(F)C(F)(F)CC(F)(F)C(F)(F)F. The van der Waals surface area contributed by atoms with E-state index in [-0.39, 0.29) is 0 Å². The van der Waals surface area contributed by atoms with E-state index in [1.54, 1.807) is 0 Å². The maximum Gasteiger partial charge on any atom is 0.453 e. The van der Waals surface area contributed by atoms with Crippen LogP contribution in [0, 0.1) is 0 Å². The lowest BCUT2D eigenvalue weighted by Gasteiger charge is -2.33. The maximum atomic E-state index is 12.7. The lowest BCUT2D eigenvalue weighted by molar-refractivity contribution is -0.343. The number of hydrogen-bond donors (Lipinski definition) is 0. The summed E-state index contributed by atoms with van der Waals surface area (Å²) in [7, 11) is 0. The molecule has 0 radical (unpaired) electrons. The minimum Gasteiger partial charge on any atom is -0.199 e. The van der Waals surface area contributed by atoms with Crippen molar-refractivity contribution in [2.24, 2.45) is 0 Å². The molecule has 0 spiro atoms. The predicted molar refractivity (Wildman–Crippen MR) is 40.7 cm³/mol. The zero-order chi connectivity index (χ0) is 15.9. The zero-order valence-electron chi connectivity index (χ0n) is 8.65. The molecule has 0 aliphatic heterocycles. The first-order chi connectivity index (χ1) is 8.02. The Hall–Kier alpha value is -1.03. The minimum absolute atomic E-state index is 0.966. The molecule has 0 bridgehead atoms. The van der Waals surface area contributed by atoms with Crippen LogP contribution in [0.1, 0.15) is 6.42 Å². The van der Waals surface area contributed by atoms with E-state index < -0.39 is 42.4 Å². The average Bonchev–Trinajstić information content (AvgIpc) is 2.13. The Morgan fingerprint density at radius 2 is 1.05 bits per heavy atom. The molecule has 114 valence electrons. The van der Waals surface area contributed by atoms with Gasteiger partial charge < -0.3 is 0 Å². The molecule has 0 aliphatic rings. The van der Waals surface area contributed by atoms with E-state index in [0.717, 1.165) is 0 Å². The molecule has 0 saturated heterocycles. The molecule has 0 aromatic carbocycles. The molecule has 19 heavy (non-hydrogen) atoms. The lowest BCUT2D eigenvalue weighted by Crippen LogP contribution is -2.56. The molecule has 0 amide bonds. The van der Waals surface area contributed by atoms with Gasteiger partial charge in [-0.15, -0.1) is 0 Å². The summed E-state index contributed by atoms with van der Waals surface area (Å²) in [6, 6.07) is 0. The van der Waals surface area contributed by atoms with Crippen molar-refractivity contribution in [3.63, 3.8) is 0 Å². The van der Waals surface area contributed by atoms with Crippen molar-refractivity contribution in [1.29, 1.82) is 0 Å².